The van der Waals surface area contributed by atoms with Crippen LogP contribution < -0.4 is 10.6 Å². The minimum atomic E-state index is -0.293. The molecule has 0 unspecified atom stereocenters. The molecule has 0 aliphatic carbocycles. The van der Waals surface area contributed by atoms with E-state index >= 15 is 0 Å². The average Bonchev–Trinajstić information content (AvgIpc) is 2.68. The summed E-state index contributed by atoms with van der Waals surface area (Å²) in [5.74, 6) is 0.565. The van der Waals surface area contributed by atoms with Crippen LogP contribution in [-0.4, -0.2) is 28.2 Å². The van der Waals surface area contributed by atoms with Gasteiger partial charge in [-0.1, -0.05) is 37.2 Å². The Morgan fingerprint density at radius 1 is 1.11 bits per heavy atom. The third-order valence-electron chi connectivity index (χ3n) is 3.87. The Morgan fingerprint density at radius 3 is 2.67 bits per heavy atom. The number of anilines is 2. The van der Waals surface area contributed by atoms with Crippen molar-refractivity contribution in [1.29, 1.82) is 0 Å². The van der Waals surface area contributed by atoms with Gasteiger partial charge in [0.05, 0.1) is 11.3 Å². The molecule has 1 amide bonds. The van der Waals surface area contributed by atoms with Crippen LogP contribution in [0.5, 0.6) is 0 Å². The zero-order valence-corrected chi connectivity index (χ0v) is 15.9. The number of thioether (sulfide) groups is 1. The Morgan fingerprint density at radius 2 is 1.89 bits per heavy atom. The molecule has 3 aromatic rings. The number of amides is 1. The van der Waals surface area contributed by atoms with Crippen molar-refractivity contribution in [2.45, 2.75) is 24.9 Å². The normalized spacial score (nSPS) is 10.7. The molecule has 0 saturated carbocycles. The molecular weight excluding hydrogens is 363 g/mol. The number of carbonyl (C=O) groups excluding carboxylic acids is 1. The van der Waals surface area contributed by atoms with E-state index < -0.39 is 0 Å². The molecule has 0 atom stereocenters. The predicted molar refractivity (Wildman–Crippen MR) is 108 cm³/mol. The second-order valence-corrected chi connectivity index (χ2v) is 6.94. The molecule has 1 aromatic heterocycles. The van der Waals surface area contributed by atoms with E-state index in [9.17, 15) is 9.18 Å². The van der Waals surface area contributed by atoms with Crippen LogP contribution in [0.4, 0.5) is 15.9 Å². The maximum Gasteiger partial charge on any atom is 0.230 e. The molecule has 2 N–H and O–H groups in total. The van der Waals surface area contributed by atoms with Gasteiger partial charge in [-0.25, -0.2) is 14.4 Å². The molecule has 0 spiro atoms. The molecule has 0 fully saturated rings. The fourth-order valence-corrected chi connectivity index (χ4v) is 3.15. The van der Waals surface area contributed by atoms with Gasteiger partial charge in [-0.2, -0.15) is 0 Å². The van der Waals surface area contributed by atoms with Crippen LogP contribution >= 0.6 is 11.8 Å². The maximum absolute atomic E-state index is 13.1. The number of halogens is 1. The molecule has 0 bridgehead atoms. The molecule has 0 aliphatic rings. The number of para-hydroxylation sites is 1. The van der Waals surface area contributed by atoms with Crippen LogP contribution in [0.3, 0.4) is 0 Å². The fourth-order valence-electron chi connectivity index (χ4n) is 2.47. The van der Waals surface area contributed by atoms with Gasteiger partial charge in [0.25, 0.3) is 0 Å². The second-order valence-electron chi connectivity index (χ2n) is 6.00. The standard InChI is InChI=1S/C20H21FN4OS/c1-2-3-12-22-18(26)13-27-20-24-17-7-5-4-6-16(17)19(25-20)23-15-10-8-14(21)9-11-15/h4-11H,2-3,12-13H2,1H3,(H,22,26)(H,23,24,25). The first-order chi connectivity index (χ1) is 13.2. The molecule has 140 valence electrons. The molecule has 3 rings (SSSR count). The van der Waals surface area contributed by atoms with E-state index in [2.05, 4.69) is 27.5 Å². The number of hydrogen-bond donors (Lipinski definition) is 2. The van der Waals surface area contributed by atoms with Gasteiger partial charge in [0.15, 0.2) is 5.16 Å². The summed E-state index contributed by atoms with van der Waals surface area (Å²) in [4.78, 5) is 21.0. The summed E-state index contributed by atoms with van der Waals surface area (Å²) in [7, 11) is 0. The number of benzene rings is 2. The van der Waals surface area contributed by atoms with Gasteiger partial charge >= 0.3 is 0 Å². The molecule has 0 radical (unpaired) electrons. The topological polar surface area (TPSA) is 66.9 Å². The molecule has 27 heavy (non-hydrogen) atoms. The van der Waals surface area contributed by atoms with Crippen LogP contribution in [0.15, 0.2) is 53.7 Å². The lowest BCUT2D eigenvalue weighted by Crippen LogP contribution is -2.26. The van der Waals surface area contributed by atoms with Crippen molar-refractivity contribution in [3.63, 3.8) is 0 Å². The smallest absolute Gasteiger partial charge is 0.230 e. The SMILES string of the molecule is CCCCNC(=O)CSc1nc(Nc2ccc(F)cc2)c2ccccc2n1. The number of unbranched alkanes of at least 4 members (excludes halogenated alkanes) is 1. The lowest BCUT2D eigenvalue weighted by atomic mass is 10.2. The molecular formula is C20H21FN4OS. The highest BCUT2D eigenvalue weighted by molar-refractivity contribution is 7.99. The van der Waals surface area contributed by atoms with Crippen molar-refractivity contribution < 1.29 is 9.18 Å². The molecule has 1 heterocycles. The number of fused-ring (bicyclic) bond motifs is 1. The fraction of sp³-hybridized carbons (Fsp3) is 0.250. The van der Waals surface area contributed by atoms with Crippen LogP contribution in [0.2, 0.25) is 0 Å². The summed E-state index contributed by atoms with van der Waals surface area (Å²) in [6, 6.07) is 13.7. The summed E-state index contributed by atoms with van der Waals surface area (Å²) in [6.45, 7) is 2.77. The number of hydrogen-bond acceptors (Lipinski definition) is 5. The minimum Gasteiger partial charge on any atom is -0.355 e. The largest absolute Gasteiger partial charge is 0.355 e. The lowest BCUT2D eigenvalue weighted by Gasteiger charge is -2.11. The zero-order valence-electron chi connectivity index (χ0n) is 15.0. The van der Waals surface area contributed by atoms with Crippen molar-refractivity contribution in [2.75, 3.05) is 17.6 Å². The summed E-state index contributed by atoms with van der Waals surface area (Å²) in [6.07, 6.45) is 2.01. The Balaban J connectivity index is 1.78. The summed E-state index contributed by atoms with van der Waals surface area (Å²) < 4.78 is 13.1. The number of rotatable bonds is 8. The van der Waals surface area contributed by atoms with Gasteiger partial charge in [0.2, 0.25) is 5.91 Å². The maximum atomic E-state index is 13.1. The van der Waals surface area contributed by atoms with Gasteiger partial charge in [-0.05, 0) is 42.8 Å². The second kappa shape index (κ2) is 9.32. The molecule has 2 aromatic carbocycles. The van der Waals surface area contributed by atoms with Crippen molar-refractivity contribution in [3.05, 3.63) is 54.3 Å². The van der Waals surface area contributed by atoms with Crippen LogP contribution in [-0.2, 0) is 4.79 Å². The van der Waals surface area contributed by atoms with Gasteiger partial charge in [-0.15, -0.1) is 0 Å². The van der Waals surface area contributed by atoms with Gasteiger partial charge < -0.3 is 10.6 Å². The zero-order chi connectivity index (χ0) is 19.1. The first-order valence-electron chi connectivity index (χ1n) is 8.84. The van der Waals surface area contributed by atoms with Crippen LogP contribution in [0, 0.1) is 5.82 Å². The Bertz CT molecular complexity index is 918. The molecule has 5 nitrogen and oxygen atoms in total. The van der Waals surface area contributed by atoms with E-state index in [-0.39, 0.29) is 17.5 Å². The van der Waals surface area contributed by atoms with Crippen molar-refractivity contribution in [3.8, 4) is 0 Å². The highest BCUT2D eigenvalue weighted by atomic mass is 32.2. The average molecular weight is 384 g/mol. The lowest BCUT2D eigenvalue weighted by molar-refractivity contribution is -0.118. The van der Waals surface area contributed by atoms with Gasteiger partial charge in [0, 0.05) is 17.6 Å². The monoisotopic (exact) mass is 384 g/mol. The highest BCUT2D eigenvalue weighted by Gasteiger charge is 2.10. The number of aromatic nitrogens is 2. The predicted octanol–water partition coefficient (Wildman–Crippen LogP) is 4.52. The summed E-state index contributed by atoms with van der Waals surface area (Å²) in [5.41, 5.74) is 1.51. The Hall–Kier alpha value is -2.67. The first kappa shape index (κ1) is 19.1. The third-order valence-corrected chi connectivity index (χ3v) is 4.72. The summed E-state index contributed by atoms with van der Waals surface area (Å²) in [5, 5.41) is 7.47. The number of nitrogens with one attached hydrogen (secondary N) is 2. The van der Waals surface area contributed by atoms with Crippen LogP contribution in [0.1, 0.15) is 19.8 Å². The van der Waals surface area contributed by atoms with E-state index in [4.69, 9.17) is 0 Å². The Kier molecular flexibility index (Phi) is 6.59. The van der Waals surface area contributed by atoms with E-state index in [0.29, 0.717) is 17.5 Å². The van der Waals surface area contributed by atoms with Crippen LogP contribution in [0.25, 0.3) is 10.9 Å². The first-order valence-corrected chi connectivity index (χ1v) is 9.83. The summed E-state index contributed by atoms with van der Waals surface area (Å²) >= 11 is 1.29. The van der Waals surface area contributed by atoms with Crippen molar-refractivity contribution >= 4 is 40.1 Å². The van der Waals surface area contributed by atoms with E-state index in [1.807, 2.05) is 24.3 Å². The molecule has 7 heteroatoms. The van der Waals surface area contributed by atoms with E-state index in [0.717, 1.165) is 29.4 Å². The number of nitrogens with zero attached hydrogens (tertiary/aromatic N) is 2. The van der Waals surface area contributed by atoms with Gasteiger partial charge in [-0.3, -0.25) is 4.79 Å². The minimum absolute atomic E-state index is 0.0294. The van der Waals surface area contributed by atoms with Crippen molar-refractivity contribution in [2.24, 2.45) is 0 Å². The molecule has 0 saturated heterocycles. The Labute approximate surface area is 161 Å². The third kappa shape index (κ3) is 5.40. The quantitative estimate of drug-likeness (QED) is 0.340. The number of carbonyl (C=O) groups is 1. The van der Waals surface area contributed by atoms with E-state index in [1.165, 1.54) is 23.9 Å². The highest BCUT2D eigenvalue weighted by Crippen LogP contribution is 2.26. The van der Waals surface area contributed by atoms with E-state index in [1.54, 1.807) is 12.1 Å². The van der Waals surface area contributed by atoms with Crippen molar-refractivity contribution in [1.82, 2.24) is 15.3 Å². The molecule has 0 aliphatic heterocycles. The van der Waals surface area contributed by atoms with Gasteiger partial charge in [0.1, 0.15) is 11.6 Å².